The highest BCUT2D eigenvalue weighted by Crippen LogP contribution is 2.37. The molecular weight excluding hydrogens is 376 g/mol. The highest BCUT2D eigenvalue weighted by Gasteiger charge is 2.19. The lowest BCUT2D eigenvalue weighted by atomic mass is 10.1. The molecule has 0 fully saturated rings. The van der Waals surface area contributed by atoms with Gasteiger partial charge >= 0.3 is 0 Å². The summed E-state index contributed by atoms with van der Waals surface area (Å²) in [5.41, 5.74) is 5.26. The zero-order valence-electron chi connectivity index (χ0n) is 15.6. The van der Waals surface area contributed by atoms with Gasteiger partial charge in [0.2, 0.25) is 0 Å². The monoisotopic (exact) mass is 394 g/mol. The normalized spacial score (nSPS) is 11.3. The number of aryl methyl sites for hydroxylation is 3. The molecule has 0 saturated heterocycles. The second kappa shape index (κ2) is 6.63. The number of fused-ring (bicyclic) bond motifs is 3. The lowest BCUT2D eigenvalue weighted by Gasteiger charge is -2.17. The number of amides is 1. The van der Waals surface area contributed by atoms with E-state index in [4.69, 9.17) is 11.6 Å². The maximum Gasteiger partial charge on any atom is 0.268 e. The van der Waals surface area contributed by atoms with Gasteiger partial charge < -0.3 is 4.90 Å². The number of aromatic nitrogens is 1. The summed E-state index contributed by atoms with van der Waals surface area (Å²) in [6.45, 7) is 6.17. The van der Waals surface area contributed by atoms with Gasteiger partial charge in [0.1, 0.15) is 5.15 Å². The molecule has 0 atom stereocenters. The Hall–Kier alpha value is -2.43. The standard InChI is InChI=1S/C22H19ClN2OS/c1-12-5-8-18-16(9-12)20-17(21(23)24-18)11-19(27-20)22(26)25(4)15-7-6-13(2)14(3)10-15/h5-11H,1-4H3. The summed E-state index contributed by atoms with van der Waals surface area (Å²) in [5, 5.41) is 2.30. The molecule has 0 bridgehead atoms. The minimum atomic E-state index is -0.0451. The van der Waals surface area contributed by atoms with Crippen LogP contribution in [-0.2, 0) is 0 Å². The van der Waals surface area contributed by atoms with Crippen molar-refractivity contribution in [3.63, 3.8) is 0 Å². The number of pyridine rings is 1. The Kier molecular flexibility index (Phi) is 4.41. The van der Waals surface area contributed by atoms with E-state index in [2.05, 4.69) is 24.9 Å². The van der Waals surface area contributed by atoms with E-state index in [0.717, 1.165) is 37.8 Å². The number of rotatable bonds is 2. The molecule has 4 aromatic rings. The van der Waals surface area contributed by atoms with Crippen LogP contribution >= 0.6 is 22.9 Å². The van der Waals surface area contributed by atoms with Crippen molar-refractivity contribution < 1.29 is 4.79 Å². The molecule has 4 rings (SSSR count). The summed E-state index contributed by atoms with van der Waals surface area (Å²) in [4.78, 5) is 19.9. The molecule has 0 aliphatic heterocycles. The van der Waals surface area contributed by atoms with Crippen LogP contribution in [0.5, 0.6) is 0 Å². The molecule has 3 nitrogen and oxygen atoms in total. The molecule has 2 aromatic carbocycles. The minimum Gasteiger partial charge on any atom is -0.311 e. The summed E-state index contributed by atoms with van der Waals surface area (Å²) in [6, 6.07) is 14.0. The molecule has 0 N–H and O–H groups in total. The second-order valence-electron chi connectivity index (χ2n) is 6.91. The van der Waals surface area contributed by atoms with Crippen molar-refractivity contribution in [3.05, 3.63) is 69.2 Å². The number of hydrogen-bond donors (Lipinski definition) is 0. The first-order valence-corrected chi connectivity index (χ1v) is 9.89. The van der Waals surface area contributed by atoms with Crippen LogP contribution in [0.4, 0.5) is 5.69 Å². The predicted octanol–water partition coefficient (Wildman–Crippen LogP) is 6.30. The first kappa shape index (κ1) is 18.0. The van der Waals surface area contributed by atoms with Crippen LogP contribution in [0.15, 0.2) is 42.5 Å². The fraction of sp³-hybridized carbons (Fsp3) is 0.182. The molecule has 1 amide bonds. The lowest BCUT2D eigenvalue weighted by Crippen LogP contribution is -2.25. The first-order chi connectivity index (χ1) is 12.8. The number of carbonyl (C=O) groups excluding carboxylic acids is 1. The van der Waals surface area contributed by atoms with Crippen molar-refractivity contribution in [2.75, 3.05) is 11.9 Å². The topological polar surface area (TPSA) is 33.2 Å². The van der Waals surface area contributed by atoms with Crippen LogP contribution in [0.1, 0.15) is 26.4 Å². The molecule has 27 heavy (non-hydrogen) atoms. The van der Waals surface area contributed by atoms with Crippen LogP contribution in [0.3, 0.4) is 0 Å². The van der Waals surface area contributed by atoms with Gasteiger partial charge in [0, 0.05) is 28.2 Å². The Morgan fingerprint density at radius 1 is 1.00 bits per heavy atom. The molecule has 0 radical (unpaired) electrons. The van der Waals surface area contributed by atoms with Crippen molar-refractivity contribution in [2.24, 2.45) is 0 Å². The van der Waals surface area contributed by atoms with E-state index in [0.29, 0.717) is 10.0 Å². The summed E-state index contributed by atoms with van der Waals surface area (Å²) >= 11 is 7.87. The highest BCUT2D eigenvalue weighted by atomic mass is 35.5. The fourth-order valence-corrected chi connectivity index (χ4v) is 4.62. The van der Waals surface area contributed by atoms with Crippen molar-refractivity contribution in [2.45, 2.75) is 20.8 Å². The van der Waals surface area contributed by atoms with Crippen LogP contribution in [0, 0.1) is 20.8 Å². The van der Waals surface area contributed by atoms with Gasteiger partial charge in [-0.15, -0.1) is 11.3 Å². The van der Waals surface area contributed by atoms with Gasteiger partial charge in [0.25, 0.3) is 5.91 Å². The van der Waals surface area contributed by atoms with Crippen LogP contribution in [-0.4, -0.2) is 17.9 Å². The van der Waals surface area contributed by atoms with Gasteiger partial charge in [-0.3, -0.25) is 4.79 Å². The van der Waals surface area contributed by atoms with Gasteiger partial charge in [0.05, 0.1) is 10.4 Å². The molecule has 0 saturated carbocycles. The van der Waals surface area contributed by atoms with E-state index in [9.17, 15) is 4.79 Å². The second-order valence-corrected chi connectivity index (χ2v) is 8.32. The van der Waals surface area contributed by atoms with Gasteiger partial charge in [-0.2, -0.15) is 0 Å². The van der Waals surface area contributed by atoms with Crippen LogP contribution in [0.2, 0.25) is 5.15 Å². The molecule has 5 heteroatoms. The molecule has 0 aliphatic carbocycles. The molecular formula is C22H19ClN2OS. The molecule has 0 unspecified atom stereocenters. The fourth-order valence-electron chi connectivity index (χ4n) is 3.16. The molecule has 2 heterocycles. The quantitative estimate of drug-likeness (QED) is 0.373. The van der Waals surface area contributed by atoms with E-state index < -0.39 is 0 Å². The Bertz CT molecular complexity index is 1210. The zero-order valence-corrected chi connectivity index (χ0v) is 17.2. The predicted molar refractivity (Wildman–Crippen MR) is 116 cm³/mol. The number of nitrogens with zero attached hydrogens (tertiary/aromatic N) is 2. The Morgan fingerprint density at radius 2 is 1.78 bits per heavy atom. The molecule has 0 aliphatic rings. The van der Waals surface area contributed by atoms with Crippen LogP contribution in [0.25, 0.3) is 21.0 Å². The largest absolute Gasteiger partial charge is 0.311 e. The molecule has 0 spiro atoms. The summed E-state index contributed by atoms with van der Waals surface area (Å²) in [6.07, 6.45) is 0. The number of benzene rings is 2. The average molecular weight is 395 g/mol. The zero-order chi connectivity index (χ0) is 19.3. The van der Waals surface area contributed by atoms with E-state index in [-0.39, 0.29) is 5.91 Å². The van der Waals surface area contributed by atoms with Crippen molar-refractivity contribution >= 4 is 55.5 Å². The van der Waals surface area contributed by atoms with Gasteiger partial charge in [0.15, 0.2) is 0 Å². The summed E-state index contributed by atoms with van der Waals surface area (Å²) in [5.74, 6) is -0.0451. The average Bonchev–Trinajstić information content (AvgIpc) is 3.10. The summed E-state index contributed by atoms with van der Waals surface area (Å²) in [7, 11) is 1.80. The SMILES string of the molecule is Cc1ccc2nc(Cl)c3cc(C(=O)N(C)c4ccc(C)c(C)c4)sc3c2c1. The maximum absolute atomic E-state index is 13.1. The highest BCUT2D eigenvalue weighted by molar-refractivity contribution is 7.22. The van der Waals surface area contributed by atoms with E-state index in [1.165, 1.54) is 16.9 Å². The van der Waals surface area contributed by atoms with E-state index >= 15 is 0 Å². The number of hydrogen-bond acceptors (Lipinski definition) is 3. The lowest BCUT2D eigenvalue weighted by molar-refractivity contribution is 0.0997. The van der Waals surface area contributed by atoms with Gasteiger partial charge in [-0.1, -0.05) is 29.3 Å². The smallest absolute Gasteiger partial charge is 0.268 e. The van der Waals surface area contributed by atoms with Crippen LogP contribution < -0.4 is 4.90 Å². The number of thiophene rings is 1. The molecule has 2 aromatic heterocycles. The summed E-state index contributed by atoms with van der Waals surface area (Å²) < 4.78 is 1.01. The van der Waals surface area contributed by atoms with Gasteiger partial charge in [-0.05, 0) is 62.2 Å². The number of anilines is 1. The minimum absolute atomic E-state index is 0.0451. The third-order valence-corrected chi connectivity index (χ3v) is 6.41. The van der Waals surface area contributed by atoms with Crippen molar-refractivity contribution in [1.29, 1.82) is 0 Å². The molecule has 136 valence electrons. The maximum atomic E-state index is 13.1. The van der Waals surface area contributed by atoms with Crippen molar-refractivity contribution in [3.8, 4) is 0 Å². The third-order valence-electron chi connectivity index (χ3n) is 4.96. The Labute approximate surface area is 167 Å². The Balaban J connectivity index is 1.82. The third kappa shape index (κ3) is 3.09. The number of halogens is 1. The number of carbonyl (C=O) groups is 1. The van der Waals surface area contributed by atoms with Gasteiger partial charge in [-0.25, -0.2) is 4.98 Å². The van der Waals surface area contributed by atoms with Crippen molar-refractivity contribution in [1.82, 2.24) is 4.98 Å². The van der Waals surface area contributed by atoms with E-state index in [1.54, 1.807) is 11.9 Å². The Morgan fingerprint density at radius 3 is 2.52 bits per heavy atom. The first-order valence-electron chi connectivity index (χ1n) is 8.70. The van der Waals surface area contributed by atoms with E-state index in [1.807, 2.05) is 43.3 Å².